The largest absolute Gasteiger partial charge is 0.433 e. The molecule has 20 heavy (non-hydrogen) atoms. The van der Waals surface area contributed by atoms with E-state index >= 15 is 0 Å². The minimum Gasteiger partial charge on any atom is -0.433 e. The topological polar surface area (TPSA) is 33.3 Å². The van der Waals surface area contributed by atoms with E-state index in [9.17, 15) is 8.78 Å². The average Bonchev–Trinajstić information content (AvgIpc) is 2.29. The Balaban J connectivity index is 2.71. The van der Waals surface area contributed by atoms with Crippen molar-refractivity contribution in [1.29, 1.82) is 0 Å². The van der Waals surface area contributed by atoms with Gasteiger partial charge in [-0.2, -0.15) is 8.78 Å². The zero-order valence-corrected chi connectivity index (χ0v) is 12.9. The number of hydrogen-bond acceptors (Lipinski definition) is 2. The summed E-state index contributed by atoms with van der Waals surface area (Å²) in [5.41, 5.74) is 0.441. The van der Waals surface area contributed by atoms with Crippen LogP contribution >= 0.6 is 12.2 Å². The van der Waals surface area contributed by atoms with Crippen LogP contribution in [0.3, 0.4) is 0 Å². The van der Waals surface area contributed by atoms with Crippen LogP contribution in [-0.2, 0) is 0 Å². The number of ether oxygens (including phenoxy) is 1. The average molecular weight is 302 g/mol. The van der Waals surface area contributed by atoms with Gasteiger partial charge >= 0.3 is 6.61 Å². The second-order valence-corrected chi connectivity index (χ2v) is 5.97. The third-order valence-electron chi connectivity index (χ3n) is 3.00. The van der Waals surface area contributed by atoms with Crippen LogP contribution in [0.2, 0.25) is 0 Å². The fourth-order valence-electron chi connectivity index (χ4n) is 1.34. The number of rotatable bonds is 4. The number of thiocarbonyl (C=S) groups is 1. The smallest absolute Gasteiger partial charge is 0.387 e. The summed E-state index contributed by atoms with van der Waals surface area (Å²) in [4.78, 5) is 0. The number of alkyl halides is 2. The van der Waals surface area contributed by atoms with Gasteiger partial charge in [0, 0.05) is 6.04 Å². The molecule has 0 spiro atoms. The fourth-order valence-corrected chi connectivity index (χ4v) is 1.63. The number of anilines is 1. The molecular formula is C14H20F2N2OS. The van der Waals surface area contributed by atoms with Gasteiger partial charge in [0.2, 0.25) is 0 Å². The Morgan fingerprint density at radius 1 is 1.25 bits per heavy atom. The Morgan fingerprint density at radius 3 is 2.40 bits per heavy atom. The van der Waals surface area contributed by atoms with Gasteiger partial charge in [0.05, 0.1) is 5.69 Å². The Labute approximate surface area is 123 Å². The lowest BCUT2D eigenvalue weighted by Gasteiger charge is -2.29. The van der Waals surface area contributed by atoms with Gasteiger partial charge < -0.3 is 15.4 Å². The first-order valence-electron chi connectivity index (χ1n) is 6.31. The number of hydrogen-bond donors (Lipinski definition) is 2. The first-order valence-corrected chi connectivity index (χ1v) is 6.72. The van der Waals surface area contributed by atoms with Crippen molar-refractivity contribution in [3.63, 3.8) is 0 Å². The standard InChI is InChI=1S/C14H20F2N2OS/c1-9(14(2,3)4)17-13(20)18-10-7-5-6-8-11(10)19-12(15)16/h5-9,12H,1-4H3,(H2,17,18,20)/t9-/m0/s1. The van der Waals surface area contributed by atoms with E-state index in [1.54, 1.807) is 18.2 Å². The van der Waals surface area contributed by atoms with Crippen molar-refractivity contribution in [1.82, 2.24) is 5.32 Å². The van der Waals surface area contributed by atoms with E-state index in [0.29, 0.717) is 10.8 Å². The van der Waals surface area contributed by atoms with Gasteiger partial charge in [0.1, 0.15) is 5.75 Å². The van der Waals surface area contributed by atoms with Gasteiger partial charge in [-0.3, -0.25) is 0 Å². The van der Waals surface area contributed by atoms with Gasteiger partial charge in [-0.25, -0.2) is 0 Å². The number of nitrogens with one attached hydrogen (secondary N) is 2. The van der Waals surface area contributed by atoms with E-state index < -0.39 is 6.61 Å². The van der Waals surface area contributed by atoms with E-state index in [1.807, 2.05) is 6.92 Å². The molecule has 1 aromatic rings. The van der Waals surface area contributed by atoms with E-state index in [1.165, 1.54) is 6.07 Å². The van der Waals surface area contributed by atoms with E-state index in [2.05, 4.69) is 36.1 Å². The van der Waals surface area contributed by atoms with Gasteiger partial charge in [-0.1, -0.05) is 32.9 Å². The lowest BCUT2D eigenvalue weighted by molar-refractivity contribution is -0.0493. The highest BCUT2D eigenvalue weighted by Crippen LogP contribution is 2.25. The Morgan fingerprint density at radius 2 is 1.85 bits per heavy atom. The van der Waals surface area contributed by atoms with Crippen LogP contribution in [0.1, 0.15) is 27.7 Å². The van der Waals surface area contributed by atoms with Crippen LogP contribution in [0.25, 0.3) is 0 Å². The third-order valence-corrected chi connectivity index (χ3v) is 3.22. The molecule has 3 nitrogen and oxygen atoms in total. The second kappa shape index (κ2) is 6.83. The van der Waals surface area contributed by atoms with Crippen molar-refractivity contribution in [2.45, 2.75) is 40.3 Å². The summed E-state index contributed by atoms with van der Waals surface area (Å²) in [6, 6.07) is 6.57. The van der Waals surface area contributed by atoms with Gasteiger partial charge in [-0.05, 0) is 36.7 Å². The van der Waals surface area contributed by atoms with Crippen LogP contribution in [0.15, 0.2) is 24.3 Å². The Bertz CT molecular complexity index is 461. The summed E-state index contributed by atoms with van der Waals surface area (Å²) in [6.07, 6.45) is 0. The molecule has 0 radical (unpaired) electrons. The highest BCUT2D eigenvalue weighted by Gasteiger charge is 2.20. The molecule has 2 N–H and O–H groups in total. The van der Waals surface area contributed by atoms with Crippen molar-refractivity contribution >= 4 is 23.0 Å². The Hall–Kier alpha value is -1.43. The van der Waals surface area contributed by atoms with Crippen LogP contribution in [-0.4, -0.2) is 17.8 Å². The lowest BCUT2D eigenvalue weighted by Crippen LogP contribution is -2.43. The molecule has 0 bridgehead atoms. The van der Waals surface area contributed by atoms with E-state index in [4.69, 9.17) is 12.2 Å². The lowest BCUT2D eigenvalue weighted by atomic mass is 9.88. The maximum atomic E-state index is 12.3. The number of benzene rings is 1. The molecule has 0 saturated carbocycles. The Kier molecular flexibility index (Phi) is 5.68. The van der Waals surface area contributed by atoms with Crippen LogP contribution in [0.5, 0.6) is 5.75 Å². The highest BCUT2D eigenvalue weighted by atomic mass is 32.1. The minimum absolute atomic E-state index is 0.0325. The molecule has 0 unspecified atom stereocenters. The maximum absolute atomic E-state index is 12.3. The van der Waals surface area contributed by atoms with Crippen molar-refractivity contribution in [2.75, 3.05) is 5.32 Å². The summed E-state index contributed by atoms with van der Waals surface area (Å²) in [6.45, 7) is 5.40. The van der Waals surface area contributed by atoms with Crippen LogP contribution in [0.4, 0.5) is 14.5 Å². The monoisotopic (exact) mass is 302 g/mol. The summed E-state index contributed by atoms with van der Waals surface area (Å²) in [7, 11) is 0. The molecule has 0 amide bonds. The molecule has 0 aliphatic heterocycles. The van der Waals surface area contributed by atoms with E-state index in [-0.39, 0.29) is 17.2 Å². The first-order chi connectivity index (χ1) is 9.20. The summed E-state index contributed by atoms with van der Waals surface area (Å²) >= 11 is 5.19. The molecule has 112 valence electrons. The van der Waals surface area contributed by atoms with Gasteiger partial charge in [0.25, 0.3) is 0 Å². The zero-order chi connectivity index (χ0) is 15.3. The molecule has 0 heterocycles. The molecule has 1 atom stereocenters. The minimum atomic E-state index is -2.87. The SMILES string of the molecule is C[C@H](NC(=S)Nc1ccccc1OC(F)F)C(C)(C)C. The highest BCUT2D eigenvalue weighted by molar-refractivity contribution is 7.80. The molecule has 0 saturated heterocycles. The predicted octanol–water partition coefficient (Wildman–Crippen LogP) is 4.01. The van der Waals surface area contributed by atoms with Gasteiger partial charge in [-0.15, -0.1) is 0 Å². The number of halogens is 2. The molecule has 0 fully saturated rings. The van der Waals surface area contributed by atoms with E-state index in [0.717, 1.165) is 0 Å². The van der Waals surface area contributed by atoms with Crippen LogP contribution < -0.4 is 15.4 Å². The molecule has 0 aliphatic carbocycles. The van der Waals surface area contributed by atoms with Crippen molar-refractivity contribution in [3.8, 4) is 5.75 Å². The molecule has 6 heteroatoms. The molecule has 1 rings (SSSR count). The molecule has 0 aliphatic rings. The molecule has 1 aromatic carbocycles. The first kappa shape index (κ1) is 16.6. The van der Waals surface area contributed by atoms with Crippen molar-refractivity contribution < 1.29 is 13.5 Å². The summed E-state index contributed by atoms with van der Waals surface area (Å²) in [5, 5.41) is 6.38. The quantitative estimate of drug-likeness (QED) is 0.823. The van der Waals surface area contributed by atoms with Gasteiger partial charge in [0.15, 0.2) is 5.11 Å². The number of para-hydroxylation sites is 2. The van der Waals surface area contributed by atoms with Crippen molar-refractivity contribution in [3.05, 3.63) is 24.3 Å². The van der Waals surface area contributed by atoms with Crippen molar-refractivity contribution in [2.24, 2.45) is 5.41 Å². The zero-order valence-electron chi connectivity index (χ0n) is 12.0. The fraction of sp³-hybridized carbons (Fsp3) is 0.500. The summed E-state index contributed by atoms with van der Waals surface area (Å²) in [5.74, 6) is 0.0649. The molecular weight excluding hydrogens is 282 g/mol. The normalized spacial score (nSPS) is 12.9. The molecule has 0 aromatic heterocycles. The third kappa shape index (κ3) is 5.28. The van der Waals surface area contributed by atoms with Crippen LogP contribution in [0, 0.1) is 5.41 Å². The maximum Gasteiger partial charge on any atom is 0.387 e. The summed E-state index contributed by atoms with van der Waals surface area (Å²) < 4.78 is 29.0. The predicted molar refractivity (Wildman–Crippen MR) is 81.3 cm³/mol. The second-order valence-electron chi connectivity index (χ2n) is 5.56.